The quantitative estimate of drug-likeness (QED) is 0.849. The molecule has 0 fully saturated rings. The number of anilines is 1. The molecule has 23 heavy (non-hydrogen) atoms. The fourth-order valence-corrected chi connectivity index (χ4v) is 1.84. The molecule has 0 saturated heterocycles. The van der Waals surface area contributed by atoms with Crippen LogP contribution >= 0.6 is 0 Å². The van der Waals surface area contributed by atoms with Crippen molar-refractivity contribution in [2.24, 2.45) is 0 Å². The molecule has 0 aliphatic carbocycles. The summed E-state index contributed by atoms with van der Waals surface area (Å²) in [6.07, 6.45) is 0.926. The maximum atomic E-state index is 12.2. The number of nitrogens with one attached hydrogen (secondary N) is 1. The number of carbonyl (C=O) groups excluding carboxylic acids is 1. The predicted molar refractivity (Wildman–Crippen MR) is 82.4 cm³/mol. The summed E-state index contributed by atoms with van der Waals surface area (Å²) < 4.78 is 15.7. The highest BCUT2D eigenvalue weighted by atomic mass is 16.5. The summed E-state index contributed by atoms with van der Waals surface area (Å²) in [4.78, 5) is 23.0. The minimum atomic E-state index is -1.17. The average molecular weight is 319 g/mol. The molecule has 0 aliphatic rings. The number of carboxylic acids is 1. The van der Waals surface area contributed by atoms with Crippen LogP contribution in [0.2, 0.25) is 0 Å². The highest BCUT2D eigenvalue weighted by Gasteiger charge is 2.17. The van der Waals surface area contributed by atoms with Gasteiger partial charge in [-0.3, -0.25) is 4.79 Å². The smallest absolute Gasteiger partial charge is 0.338 e. The molecule has 2 N–H and O–H groups in total. The first-order valence-corrected chi connectivity index (χ1v) is 6.88. The van der Waals surface area contributed by atoms with E-state index in [4.69, 9.17) is 19.0 Å². The van der Waals surface area contributed by atoms with E-state index in [0.717, 1.165) is 12.3 Å². The zero-order valence-electron chi connectivity index (χ0n) is 13.0. The summed E-state index contributed by atoms with van der Waals surface area (Å²) >= 11 is 0. The first kappa shape index (κ1) is 16.4. The summed E-state index contributed by atoms with van der Waals surface area (Å²) in [5.74, 6) is -0.848. The monoisotopic (exact) mass is 319 g/mol. The third-order valence-corrected chi connectivity index (χ3v) is 2.87. The number of methoxy groups -OCH3 is 1. The molecular formula is C16H17NO6. The maximum Gasteiger partial charge on any atom is 0.338 e. The molecule has 1 aromatic carbocycles. The largest absolute Gasteiger partial charge is 0.497 e. The zero-order valence-corrected chi connectivity index (χ0v) is 13.0. The molecule has 2 aromatic rings. The van der Waals surface area contributed by atoms with Crippen molar-refractivity contribution in [2.45, 2.75) is 20.0 Å². The van der Waals surface area contributed by atoms with Gasteiger partial charge in [0.05, 0.1) is 24.5 Å². The fourth-order valence-electron chi connectivity index (χ4n) is 1.84. The van der Waals surface area contributed by atoms with Gasteiger partial charge in [-0.05, 0) is 26.0 Å². The van der Waals surface area contributed by atoms with Crippen molar-refractivity contribution in [3.05, 3.63) is 41.9 Å². The van der Waals surface area contributed by atoms with Gasteiger partial charge < -0.3 is 24.3 Å². The Morgan fingerprint density at radius 1 is 1.26 bits per heavy atom. The van der Waals surface area contributed by atoms with Crippen LogP contribution in [0.5, 0.6) is 11.5 Å². The minimum absolute atomic E-state index is 0.0822. The number of carbonyl (C=O) groups is 2. The van der Waals surface area contributed by atoms with Crippen molar-refractivity contribution < 1.29 is 28.6 Å². The summed E-state index contributed by atoms with van der Waals surface area (Å²) in [7, 11) is 1.51. The topological polar surface area (TPSA) is 98.0 Å². The van der Waals surface area contributed by atoms with Crippen LogP contribution in [0, 0.1) is 0 Å². The lowest BCUT2D eigenvalue weighted by molar-refractivity contribution is 0.0696. The third kappa shape index (κ3) is 4.03. The van der Waals surface area contributed by atoms with Gasteiger partial charge in [-0.2, -0.15) is 0 Å². The number of rotatable bonds is 6. The molecule has 7 nitrogen and oxygen atoms in total. The van der Waals surface area contributed by atoms with Gasteiger partial charge in [-0.15, -0.1) is 0 Å². The van der Waals surface area contributed by atoms with Crippen LogP contribution < -0.4 is 14.8 Å². The van der Waals surface area contributed by atoms with E-state index in [1.165, 1.54) is 7.11 Å². The van der Waals surface area contributed by atoms with Crippen LogP contribution in [0.4, 0.5) is 5.69 Å². The van der Waals surface area contributed by atoms with Crippen LogP contribution in [-0.4, -0.2) is 30.2 Å². The van der Waals surface area contributed by atoms with E-state index in [2.05, 4.69) is 5.32 Å². The Labute approximate surface area is 132 Å². The number of aromatic carboxylic acids is 1. The lowest BCUT2D eigenvalue weighted by atomic mass is 10.2. The Bertz CT molecular complexity index is 719. The van der Waals surface area contributed by atoms with Crippen LogP contribution in [0.15, 0.2) is 34.9 Å². The first-order chi connectivity index (χ1) is 10.9. The van der Waals surface area contributed by atoms with Gasteiger partial charge in [0.1, 0.15) is 17.8 Å². The Morgan fingerprint density at radius 2 is 2.00 bits per heavy atom. The normalized spacial score (nSPS) is 10.4. The van der Waals surface area contributed by atoms with Gasteiger partial charge in [0.2, 0.25) is 0 Å². The number of hydrogen-bond acceptors (Lipinski definition) is 5. The molecule has 0 spiro atoms. The SMILES string of the molecule is COc1ccc(OC(C)C)c(NC(=O)c2cc(C(=O)O)co2)c1. The van der Waals surface area contributed by atoms with Gasteiger partial charge in [-0.25, -0.2) is 4.79 Å². The van der Waals surface area contributed by atoms with E-state index >= 15 is 0 Å². The highest BCUT2D eigenvalue weighted by Crippen LogP contribution is 2.30. The van der Waals surface area contributed by atoms with E-state index in [9.17, 15) is 9.59 Å². The summed E-state index contributed by atoms with van der Waals surface area (Å²) in [6.45, 7) is 3.73. The lowest BCUT2D eigenvalue weighted by Gasteiger charge is -2.15. The molecule has 1 amide bonds. The predicted octanol–water partition coefficient (Wildman–Crippen LogP) is 3.03. The number of benzene rings is 1. The maximum absolute atomic E-state index is 12.2. The molecule has 1 heterocycles. The first-order valence-electron chi connectivity index (χ1n) is 6.88. The summed E-state index contributed by atoms with van der Waals surface area (Å²) in [5, 5.41) is 11.5. The molecule has 0 saturated carbocycles. The van der Waals surface area contributed by atoms with E-state index in [-0.39, 0.29) is 17.4 Å². The van der Waals surface area contributed by atoms with Crippen molar-refractivity contribution in [2.75, 3.05) is 12.4 Å². The molecule has 1 aromatic heterocycles. The van der Waals surface area contributed by atoms with Crippen LogP contribution in [0.3, 0.4) is 0 Å². The van der Waals surface area contributed by atoms with Crippen LogP contribution in [0.25, 0.3) is 0 Å². The van der Waals surface area contributed by atoms with Gasteiger partial charge in [-0.1, -0.05) is 0 Å². The van der Waals surface area contributed by atoms with Crippen molar-refractivity contribution in [1.82, 2.24) is 0 Å². The van der Waals surface area contributed by atoms with E-state index in [1.54, 1.807) is 18.2 Å². The minimum Gasteiger partial charge on any atom is -0.497 e. The van der Waals surface area contributed by atoms with E-state index in [1.807, 2.05) is 13.8 Å². The standard InChI is InChI=1S/C16H17NO6/c1-9(2)23-13-5-4-11(21-3)7-12(13)17-15(18)14-6-10(8-22-14)16(19)20/h4-9H,1-3H3,(H,17,18)(H,19,20). The van der Waals surface area contributed by atoms with Gasteiger partial charge in [0.25, 0.3) is 5.91 Å². The number of hydrogen-bond donors (Lipinski definition) is 2. The second kappa shape index (κ2) is 6.87. The summed E-state index contributed by atoms with van der Waals surface area (Å²) in [5.41, 5.74) is 0.302. The third-order valence-electron chi connectivity index (χ3n) is 2.87. The number of ether oxygens (including phenoxy) is 2. The Kier molecular flexibility index (Phi) is 4.90. The fraction of sp³-hybridized carbons (Fsp3) is 0.250. The van der Waals surface area contributed by atoms with Gasteiger partial charge >= 0.3 is 5.97 Å². The summed E-state index contributed by atoms with van der Waals surface area (Å²) in [6, 6.07) is 6.15. The zero-order chi connectivity index (χ0) is 17.0. The second-order valence-electron chi connectivity index (χ2n) is 4.99. The van der Waals surface area contributed by atoms with E-state index < -0.39 is 11.9 Å². The number of amides is 1. The molecule has 0 bridgehead atoms. The molecule has 0 radical (unpaired) electrons. The molecule has 0 atom stereocenters. The van der Waals surface area contributed by atoms with Crippen molar-refractivity contribution in [3.63, 3.8) is 0 Å². The number of carboxylic acid groups (broad SMARTS) is 1. The average Bonchev–Trinajstić information content (AvgIpc) is 2.98. The molecule has 0 unspecified atom stereocenters. The van der Waals surface area contributed by atoms with Crippen molar-refractivity contribution in [1.29, 1.82) is 0 Å². The molecule has 7 heteroatoms. The highest BCUT2D eigenvalue weighted by molar-refractivity contribution is 6.04. The van der Waals surface area contributed by atoms with Gasteiger partial charge in [0.15, 0.2) is 5.76 Å². The Balaban J connectivity index is 2.25. The molecule has 2 rings (SSSR count). The molecule has 0 aliphatic heterocycles. The Morgan fingerprint density at radius 3 is 2.57 bits per heavy atom. The van der Waals surface area contributed by atoms with Gasteiger partial charge in [0, 0.05) is 12.1 Å². The second-order valence-corrected chi connectivity index (χ2v) is 4.99. The van der Waals surface area contributed by atoms with E-state index in [0.29, 0.717) is 17.2 Å². The van der Waals surface area contributed by atoms with Crippen molar-refractivity contribution in [3.8, 4) is 11.5 Å². The lowest BCUT2D eigenvalue weighted by Crippen LogP contribution is -2.14. The Hall–Kier alpha value is -2.96. The molecular weight excluding hydrogens is 302 g/mol. The van der Waals surface area contributed by atoms with Crippen molar-refractivity contribution >= 4 is 17.6 Å². The van der Waals surface area contributed by atoms with Crippen LogP contribution in [0.1, 0.15) is 34.8 Å². The van der Waals surface area contributed by atoms with Crippen LogP contribution in [-0.2, 0) is 0 Å². The number of furan rings is 1. The molecule has 122 valence electrons.